The zero-order chi connectivity index (χ0) is 13.4. The van der Waals surface area contributed by atoms with Crippen LogP contribution in [0.2, 0.25) is 0 Å². The summed E-state index contributed by atoms with van der Waals surface area (Å²) in [7, 11) is 0. The van der Waals surface area contributed by atoms with Crippen molar-refractivity contribution in [3.05, 3.63) is 29.8 Å². The highest BCUT2D eigenvalue weighted by molar-refractivity contribution is 5.54. The molecule has 1 aromatic carbocycles. The van der Waals surface area contributed by atoms with Crippen LogP contribution in [0.25, 0.3) is 0 Å². The number of nitrogens with zero attached hydrogens (tertiary/aromatic N) is 1. The quantitative estimate of drug-likeness (QED) is 0.777. The van der Waals surface area contributed by atoms with Crippen LogP contribution in [0.1, 0.15) is 44.1 Å². The minimum absolute atomic E-state index is 0.795. The predicted molar refractivity (Wildman–Crippen MR) is 84.0 cm³/mol. The van der Waals surface area contributed by atoms with E-state index >= 15 is 0 Å². The molecule has 3 saturated carbocycles. The van der Waals surface area contributed by atoms with Gasteiger partial charge in [0.15, 0.2) is 0 Å². The lowest BCUT2D eigenvalue weighted by molar-refractivity contribution is 0.659. The van der Waals surface area contributed by atoms with Crippen LogP contribution in [0.3, 0.4) is 0 Å². The molecule has 2 nitrogen and oxygen atoms in total. The van der Waals surface area contributed by atoms with Crippen LogP contribution in [-0.4, -0.2) is 19.1 Å². The second kappa shape index (κ2) is 5.40. The van der Waals surface area contributed by atoms with Crippen LogP contribution >= 0.6 is 0 Å². The van der Waals surface area contributed by atoms with Gasteiger partial charge in [0.2, 0.25) is 0 Å². The fourth-order valence-corrected chi connectivity index (χ4v) is 3.01. The Morgan fingerprint density at radius 1 is 0.900 bits per heavy atom. The smallest absolute Gasteiger partial charge is 0.0412 e. The molecule has 0 unspecified atom stereocenters. The number of anilines is 1. The van der Waals surface area contributed by atoms with Crippen molar-refractivity contribution in [2.24, 2.45) is 11.8 Å². The van der Waals surface area contributed by atoms with E-state index in [-0.39, 0.29) is 0 Å². The SMILES string of the molecule is c1ccc(N(CC2CC2)CC2CC2)c(CNC2CC2)c1. The second-order valence-corrected chi connectivity index (χ2v) is 7.08. The van der Waals surface area contributed by atoms with E-state index in [2.05, 4.69) is 34.5 Å². The first-order valence-electron chi connectivity index (χ1n) is 8.45. The number of para-hydroxylation sites is 1. The summed E-state index contributed by atoms with van der Waals surface area (Å²) in [6, 6.07) is 9.86. The van der Waals surface area contributed by atoms with E-state index < -0.39 is 0 Å². The minimum Gasteiger partial charge on any atom is -0.371 e. The number of rotatable bonds is 8. The first-order valence-corrected chi connectivity index (χ1v) is 8.45. The number of hydrogen-bond donors (Lipinski definition) is 1. The van der Waals surface area contributed by atoms with Gasteiger partial charge in [-0.05, 0) is 62.0 Å². The topological polar surface area (TPSA) is 15.3 Å². The average molecular weight is 270 g/mol. The summed E-state index contributed by atoms with van der Waals surface area (Å²) in [5.41, 5.74) is 3.00. The molecule has 0 heterocycles. The van der Waals surface area contributed by atoms with Gasteiger partial charge in [0, 0.05) is 31.4 Å². The molecule has 0 bridgehead atoms. The molecule has 2 heteroatoms. The summed E-state index contributed by atoms with van der Waals surface area (Å²) in [6.45, 7) is 3.63. The molecule has 3 aliphatic rings. The summed E-state index contributed by atoms with van der Waals surface area (Å²) in [5, 5.41) is 3.68. The van der Waals surface area contributed by atoms with Gasteiger partial charge in [-0.25, -0.2) is 0 Å². The molecule has 0 aliphatic heterocycles. The number of benzene rings is 1. The van der Waals surface area contributed by atoms with Crippen molar-refractivity contribution < 1.29 is 0 Å². The molecule has 1 aromatic rings. The lowest BCUT2D eigenvalue weighted by Gasteiger charge is -2.27. The second-order valence-electron chi connectivity index (χ2n) is 7.08. The van der Waals surface area contributed by atoms with E-state index in [1.54, 1.807) is 0 Å². The van der Waals surface area contributed by atoms with Crippen LogP contribution in [0.4, 0.5) is 5.69 Å². The standard InChI is InChI=1S/C18H26N2/c1-2-4-18(16(3-1)11-19-17-9-10-17)20(12-14-5-6-14)13-15-7-8-15/h1-4,14-15,17,19H,5-13H2. The Hall–Kier alpha value is -1.02. The third-order valence-electron chi connectivity index (χ3n) is 4.84. The molecule has 0 aromatic heterocycles. The summed E-state index contributed by atoms with van der Waals surface area (Å²) >= 11 is 0. The van der Waals surface area contributed by atoms with Gasteiger partial charge in [-0.15, -0.1) is 0 Å². The normalized spacial score (nSPS) is 22.0. The third-order valence-corrected chi connectivity index (χ3v) is 4.84. The van der Waals surface area contributed by atoms with Gasteiger partial charge < -0.3 is 10.2 Å². The summed E-state index contributed by atoms with van der Waals surface area (Å²) in [5.74, 6) is 1.94. The maximum Gasteiger partial charge on any atom is 0.0412 e. The Morgan fingerprint density at radius 3 is 2.15 bits per heavy atom. The molecule has 0 saturated heterocycles. The van der Waals surface area contributed by atoms with E-state index in [0.29, 0.717) is 0 Å². The molecule has 0 spiro atoms. The minimum atomic E-state index is 0.795. The highest BCUT2D eigenvalue weighted by Crippen LogP contribution is 2.36. The van der Waals surface area contributed by atoms with E-state index in [0.717, 1.165) is 24.4 Å². The van der Waals surface area contributed by atoms with Crippen molar-refractivity contribution in [2.45, 2.75) is 51.1 Å². The largest absolute Gasteiger partial charge is 0.371 e. The van der Waals surface area contributed by atoms with Crippen LogP contribution in [0.15, 0.2) is 24.3 Å². The first-order chi connectivity index (χ1) is 9.88. The lowest BCUT2D eigenvalue weighted by atomic mass is 10.1. The molecule has 0 amide bonds. The molecular weight excluding hydrogens is 244 g/mol. The molecule has 0 radical (unpaired) electrons. The Balaban J connectivity index is 1.49. The molecule has 1 N–H and O–H groups in total. The van der Waals surface area contributed by atoms with Crippen molar-refractivity contribution in [1.82, 2.24) is 5.32 Å². The van der Waals surface area contributed by atoms with E-state index in [9.17, 15) is 0 Å². The maximum atomic E-state index is 3.68. The van der Waals surface area contributed by atoms with Crippen molar-refractivity contribution in [2.75, 3.05) is 18.0 Å². The van der Waals surface area contributed by atoms with Crippen molar-refractivity contribution in [3.63, 3.8) is 0 Å². The van der Waals surface area contributed by atoms with Gasteiger partial charge in [-0.2, -0.15) is 0 Å². The van der Waals surface area contributed by atoms with Crippen LogP contribution in [0.5, 0.6) is 0 Å². The van der Waals surface area contributed by atoms with Gasteiger partial charge in [-0.3, -0.25) is 0 Å². The van der Waals surface area contributed by atoms with E-state index in [4.69, 9.17) is 0 Å². The lowest BCUT2D eigenvalue weighted by Crippen LogP contribution is -2.30. The summed E-state index contributed by atoms with van der Waals surface area (Å²) < 4.78 is 0. The molecular formula is C18H26N2. The number of nitrogens with one attached hydrogen (secondary N) is 1. The Labute approximate surface area is 122 Å². The Kier molecular flexibility index (Phi) is 3.43. The Bertz CT molecular complexity index is 444. The molecule has 3 fully saturated rings. The summed E-state index contributed by atoms with van der Waals surface area (Å²) in [4.78, 5) is 2.69. The average Bonchev–Trinajstić information content (AvgIpc) is 3.32. The fourth-order valence-electron chi connectivity index (χ4n) is 3.01. The maximum absolute atomic E-state index is 3.68. The predicted octanol–water partition coefficient (Wildman–Crippen LogP) is 3.57. The fraction of sp³-hybridized carbons (Fsp3) is 0.667. The Morgan fingerprint density at radius 2 is 1.55 bits per heavy atom. The van der Waals surface area contributed by atoms with Crippen molar-refractivity contribution in [1.29, 1.82) is 0 Å². The van der Waals surface area contributed by atoms with Gasteiger partial charge >= 0.3 is 0 Å². The van der Waals surface area contributed by atoms with Crippen molar-refractivity contribution in [3.8, 4) is 0 Å². The first kappa shape index (κ1) is 12.7. The van der Waals surface area contributed by atoms with Crippen LogP contribution < -0.4 is 10.2 Å². The number of hydrogen-bond acceptors (Lipinski definition) is 2. The molecule has 20 heavy (non-hydrogen) atoms. The van der Waals surface area contributed by atoms with Gasteiger partial charge in [0.05, 0.1) is 0 Å². The van der Waals surface area contributed by atoms with Gasteiger partial charge in [0.1, 0.15) is 0 Å². The zero-order valence-corrected chi connectivity index (χ0v) is 12.4. The van der Waals surface area contributed by atoms with E-state index in [1.807, 2.05) is 0 Å². The molecule has 3 aliphatic carbocycles. The third kappa shape index (κ3) is 3.35. The van der Waals surface area contributed by atoms with Crippen LogP contribution in [-0.2, 0) is 6.54 Å². The zero-order valence-electron chi connectivity index (χ0n) is 12.4. The monoisotopic (exact) mass is 270 g/mol. The van der Waals surface area contributed by atoms with Crippen LogP contribution in [0, 0.1) is 11.8 Å². The van der Waals surface area contributed by atoms with Gasteiger partial charge in [0.25, 0.3) is 0 Å². The molecule has 0 atom stereocenters. The highest BCUT2D eigenvalue weighted by Gasteiger charge is 2.30. The van der Waals surface area contributed by atoms with E-state index in [1.165, 1.54) is 62.9 Å². The highest BCUT2D eigenvalue weighted by atomic mass is 15.1. The summed E-state index contributed by atoms with van der Waals surface area (Å²) in [6.07, 6.45) is 8.53. The van der Waals surface area contributed by atoms with Gasteiger partial charge in [-0.1, -0.05) is 18.2 Å². The molecule has 108 valence electrons. The molecule has 4 rings (SSSR count). The van der Waals surface area contributed by atoms with Crippen molar-refractivity contribution >= 4 is 5.69 Å².